The molecule has 0 spiro atoms. The molecule has 0 aliphatic heterocycles. The maximum absolute atomic E-state index is 11.8. The van der Waals surface area contributed by atoms with Gasteiger partial charge in [-0.15, -0.1) is 0 Å². The molecule has 0 aromatic carbocycles. The minimum atomic E-state index is -0.436. The molecule has 1 aromatic rings. The molecule has 2 rings (SSSR count). The summed E-state index contributed by atoms with van der Waals surface area (Å²) in [6, 6.07) is 0.253. The Labute approximate surface area is 121 Å². The summed E-state index contributed by atoms with van der Waals surface area (Å²) in [7, 11) is 0. The van der Waals surface area contributed by atoms with Crippen LogP contribution in [0.4, 0.5) is 0 Å². The molecular formula is C12H17ClN2O3S. The third-order valence-electron chi connectivity index (χ3n) is 3.03. The predicted octanol–water partition coefficient (Wildman–Crippen LogP) is 2.62. The third kappa shape index (κ3) is 3.81. The van der Waals surface area contributed by atoms with Crippen LogP contribution in [0.25, 0.3) is 0 Å². The van der Waals surface area contributed by atoms with Crippen molar-refractivity contribution in [3.05, 3.63) is 9.34 Å². The number of nitrogens with two attached hydrogens (primary N) is 1. The van der Waals surface area contributed by atoms with Crippen LogP contribution < -0.4 is 10.5 Å². The first-order valence-corrected chi connectivity index (χ1v) is 7.55. The molecule has 0 atom stereocenters. The highest BCUT2D eigenvalue weighted by molar-refractivity contribution is 7.17. The van der Waals surface area contributed by atoms with E-state index in [1.54, 1.807) is 6.92 Å². The number of nitrogens with zero attached hydrogens (tertiary/aromatic N) is 1. The quantitative estimate of drug-likeness (QED) is 0.866. The lowest BCUT2D eigenvalue weighted by atomic mass is 9.94. The lowest BCUT2D eigenvalue weighted by Gasteiger charge is -2.26. The number of rotatable bonds is 4. The minimum absolute atomic E-state index is 0.0474. The van der Waals surface area contributed by atoms with Gasteiger partial charge in [-0.1, -0.05) is 22.9 Å². The van der Waals surface area contributed by atoms with Crippen LogP contribution in [0.5, 0.6) is 5.88 Å². The fourth-order valence-electron chi connectivity index (χ4n) is 2.05. The van der Waals surface area contributed by atoms with Gasteiger partial charge in [0, 0.05) is 6.04 Å². The standard InChI is InChI=1S/C12H17ClN2O3S/c1-2-17-11(16)9-10(15-12(13)19-9)18-8-5-3-7(14)4-6-8/h7-8H,2-6,14H2,1H3/t7-,8-. The van der Waals surface area contributed by atoms with Crippen molar-refractivity contribution in [2.24, 2.45) is 5.73 Å². The van der Waals surface area contributed by atoms with E-state index in [0.717, 1.165) is 37.0 Å². The highest BCUT2D eigenvalue weighted by atomic mass is 35.5. The summed E-state index contributed by atoms with van der Waals surface area (Å²) < 4.78 is 11.0. The summed E-state index contributed by atoms with van der Waals surface area (Å²) in [5, 5.41) is 0. The first kappa shape index (κ1) is 14.6. The molecule has 7 heteroatoms. The third-order valence-corrected chi connectivity index (χ3v) is 4.15. The van der Waals surface area contributed by atoms with Crippen molar-refractivity contribution in [2.75, 3.05) is 6.61 Å². The minimum Gasteiger partial charge on any atom is -0.473 e. The molecule has 0 radical (unpaired) electrons. The van der Waals surface area contributed by atoms with Crippen molar-refractivity contribution in [3.8, 4) is 5.88 Å². The summed E-state index contributed by atoms with van der Waals surface area (Å²) >= 11 is 6.93. The van der Waals surface area contributed by atoms with Crippen LogP contribution in [0, 0.1) is 0 Å². The average Bonchev–Trinajstić information content (AvgIpc) is 2.74. The van der Waals surface area contributed by atoms with Crippen LogP contribution in [0.15, 0.2) is 0 Å². The second kappa shape index (κ2) is 6.54. The number of ether oxygens (including phenoxy) is 2. The molecule has 5 nitrogen and oxygen atoms in total. The van der Waals surface area contributed by atoms with Gasteiger partial charge in [0.05, 0.1) is 6.61 Å². The van der Waals surface area contributed by atoms with Crippen LogP contribution in [-0.2, 0) is 4.74 Å². The molecule has 1 aliphatic carbocycles. The smallest absolute Gasteiger partial charge is 0.354 e. The van der Waals surface area contributed by atoms with Crippen LogP contribution in [-0.4, -0.2) is 29.7 Å². The van der Waals surface area contributed by atoms with Gasteiger partial charge in [0.15, 0.2) is 9.34 Å². The number of thiazole rings is 1. The van der Waals surface area contributed by atoms with Gasteiger partial charge >= 0.3 is 5.97 Å². The zero-order valence-electron chi connectivity index (χ0n) is 10.7. The second-order valence-electron chi connectivity index (χ2n) is 4.48. The van der Waals surface area contributed by atoms with Crippen LogP contribution >= 0.6 is 22.9 Å². The fourth-order valence-corrected chi connectivity index (χ4v) is 2.98. The normalized spacial score (nSPS) is 23.1. The Kier molecular flexibility index (Phi) is 5.01. The lowest BCUT2D eigenvalue weighted by Crippen LogP contribution is -2.32. The number of carbonyl (C=O) groups is 1. The van der Waals surface area contributed by atoms with Gasteiger partial charge in [-0.2, -0.15) is 4.98 Å². The first-order valence-electron chi connectivity index (χ1n) is 6.35. The Morgan fingerprint density at radius 1 is 1.47 bits per heavy atom. The summed E-state index contributed by atoms with van der Waals surface area (Å²) in [5.74, 6) is -0.150. The van der Waals surface area contributed by atoms with E-state index in [0.29, 0.717) is 11.5 Å². The number of esters is 1. The first-order chi connectivity index (χ1) is 9.10. The Bertz CT molecular complexity index is 444. The van der Waals surface area contributed by atoms with Crippen molar-refractivity contribution >= 4 is 28.9 Å². The molecular weight excluding hydrogens is 288 g/mol. The fraction of sp³-hybridized carbons (Fsp3) is 0.667. The van der Waals surface area contributed by atoms with Crippen molar-refractivity contribution in [2.45, 2.75) is 44.8 Å². The Morgan fingerprint density at radius 3 is 2.79 bits per heavy atom. The molecule has 0 bridgehead atoms. The van der Waals surface area contributed by atoms with Crippen molar-refractivity contribution in [1.82, 2.24) is 4.98 Å². The summed E-state index contributed by atoms with van der Waals surface area (Å²) in [5.41, 5.74) is 5.85. The summed E-state index contributed by atoms with van der Waals surface area (Å²) in [6.07, 6.45) is 3.65. The predicted molar refractivity (Wildman–Crippen MR) is 73.9 cm³/mol. The Balaban J connectivity index is 2.05. The van der Waals surface area contributed by atoms with E-state index in [1.807, 2.05) is 0 Å². The molecule has 1 heterocycles. The van der Waals surface area contributed by atoms with E-state index >= 15 is 0 Å². The number of halogens is 1. The van der Waals surface area contributed by atoms with E-state index in [4.69, 9.17) is 26.8 Å². The van der Waals surface area contributed by atoms with Gasteiger partial charge < -0.3 is 15.2 Å². The van der Waals surface area contributed by atoms with E-state index < -0.39 is 5.97 Å². The Hall–Kier alpha value is -0.850. The second-order valence-corrected chi connectivity index (χ2v) is 6.06. The molecule has 0 unspecified atom stereocenters. The average molecular weight is 305 g/mol. The van der Waals surface area contributed by atoms with Gasteiger partial charge in [0.2, 0.25) is 5.88 Å². The topological polar surface area (TPSA) is 74.4 Å². The maximum Gasteiger partial charge on any atom is 0.354 e. The van der Waals surface area contributed by atoms with Crippen molar-refractivity contribution in [1.29, 1.82) is 0 Å². The molecule has 1 saturated carbocycles. The van der Waals surface area contributed by atoms with E-state index in [2.05, 4.69) is 4.98 Å². The van der Waals surface area contributed by atoms with E-state index in [9.17, 15) is 4.79 Å². The van der Waals surface area contributed by atoms with Gasteiger partial charge in [-0.3, -0.25) is 0 Å². The van der Waals surface area contributed by atoms with Gasteiger partial charge in [-0.25, -0.2) is 4.79 Å². The van der Waals surface area contributed by atoms with Crippen LogP contribution in [0.3, 0.4) is 0 Å². The van der Waals surface area contributed by atoms with Gasteiger partial charge in [0.25, 0.3) is 0 Å². The molecule has 1 aromatic heterocycles. The molecule has 0 amide bonds. The van der Waals surface area contributed by atoms with Crippen LogP contribution in [0.2, 0.25) is 4.47 Å². The number of carbonyl (C=O) groups excluding carboxylic acids is 1. The van der Waals surface area contributed by atoms with Gasteiger partial charge in [-0.05, 0) is 32.6 Å². The van der Waals surface area contributed by atoms with E-state index in [-0.39, 0.29) is 22.5 Å². The summed E-state index contributed by atoms with van der Waals surface area (Å²) in [6.45, 7) is 2.07. The van der Waals surface area contributed by atoms with E-state index in [1.165, 1.54) is 0 Å². The number of aromatic nitrogens is 1. The monoisotopic (exact) mass is 304 g/mol. The van der Waals surface area contributed by atoms with Crippen molar-refractivity contribution in [3.63, 3.8) is 0 Å². The molecule has 1 fully saturated rings. The zero-order chi connectivity index (χ0) is 13.8. The van der Waals surface area contributed by atoms with Crippen molar-refractivity contribution < 1.29 is 14.3 Å². The highest BCUT2D eigenvalue weighted by Gasteiger charge is 2.25. The SMILES string of the molecule is CCOC(=O)c1sc(Cl)nc1O[C@H]1CC[C@H](N)CC1. The van der Waals surface area contributed by atoms with Gasteiger partial charge in [0.1, 0.15) is 6.10 Å². The highest BCUT2D eigenvalue weighted by Crippen LogP contribution is 2.32. The Morgan fingerprint density at radius 2 is 2.16 bits per heavy atom. The molecule has 106 valence electrons. The zero-order valence-corrected chi connectivity index (χ0v) is 12.3. The molecule has 19 heavy (non-hydrogen) atoms. The molecule has 1 aliphatic rings. The van der Waals surface area contributed by atoms with Crippen LogP contribution in [0.1, 0.15) is 42.3 Å². The maximum atomic E-state index is 11.8. The largest absolute Gasteiger partial charge is 0.473 e. The molecule has 0 saturated heterocycles. The number of hydrogen-bond acceptors (Lipinski definition) is 6. The molecule has 2 N–H and O–H groups in total. The number of hydrogen-bond donors (Lipinski definition) is 1. The lowest BCUT2D eigenvalue weighted by molar-refractivity contribution is 0.0521. The summed E-state index contributed by atoms with van der Waals surface area (Å²) in [4.78, 5) is 16.2.